The highest BCUT2D eigenvalue weighted by Crippen LogP contribution is 2.32. The molecule has 0 fully saturated rings. The predicted molar refractivity (Wildman–Crippen MR) is 86.0 cm³/mol. The van der Waals surface area contributed by atoms with Gasteiger partial charge in [-0.2, -0.15) is 5.26 Å². The van der Waals surface area contributed by atoms with Crippen LogP contribution in [0.1, 0.15) is 50.9 Å². The Morgan fingerprint density at radius 2 is 1.91 bits per heavy atom. The van der Waals surface area contributed by atoms with Gasteiger partial charge in [0.2, 0.25) is 0 Å². The van der Waals surface area contributed by atoms with E-state index in [1.165, 1.54) is 11.3 Å². The summed E-state index contributed by atoms with van der Waals surface area (Å²) in [7, 11) is 0. The number of nitrogens with zero attached hydrogens (tertiary/aromatic N) is 1. The Morgan fingerprint density at radius 3 is 2.41 bits per heavy atom. The van der Waals surface area contributed by atoms with Crippen LogP contribution in [0.5, 0.6) is 0 Å². The molecular formula is C16H15N3O2S. The van der Waals surface area contributed by atoms with E-state index in [4.69, 9.17) is 11.0 Å². The largest absolute Gasteiger partial charge is 0.366 e. The Labute approximate surface area is 132 Å². The normalized spacial score (nSPS) is 10.3. The minimum atomic E-state index is -0.571. The van der Waals surface area contributed by atoms with Gasteiger partial charge >= 0.3 is 0 Å². The van der Waals surface area contributed by atoms with Crippen molar-refractivity contribution in [3.8, 4) is 6.07 Å². The fourth-order valence-electron chi connectivity index (χ4n) is 1.84. The van der Waals surface area contributed by atoms with E-state index in [-0.39, 0.29) is 11.8 Å². The van der Waals surface area contributed by atoms with E-state index in [1.807, 2.05) is 19.9 Å². The van der Waals surface area contributed by atoms with Gasteiger partial charge in [0.25, 0.3) is 11.8 Å². The number of primary amides is 1. The van der Waals surface area contributed by atoms with Crippen LogP contribution in [-0.2, 0) is 0 Å². The number of rotatable bonds is 4. The Morgan fingerprint density at radius 1 is 1.27 bits per heavy atom. The second kappa shape index (κ2) is 6.41. The molecule has 112 valence electrons. The minimum absolute atomic E-state index is 0.240. The third-order valence-corrected chi connectivity index (χ3v) is 4.44. The molecule has 0 aliphatic heterocycles. The summed E-state index contributed by atoms with van der Waals surface area (Å²) in [5, 5.41) is 11.9. The smallest absolute Gasteiger partial charge is 0.256 e. The van der Waals surface area contributed by atoms with Crippen LogP contribution in [0.3, 0.4) is 0 Å². The molecule has 0 saturated carbocycles. The standard InChI is InChI=1S/C16H15N3O2S/c1-9(2)13-7-12(14(18)20)16(22-13)19-15(21)11-5-3-10(8-17)4-6-11/h3-7,9H,1-2H3,(H2,18,20)(H,19,21). The molecule has 0 aliphatic carbocycles. The van der Waals surface area contributed by atoms with Crippen molar-refractivity contribution in [3.63, 3.8) is 0 Å². The summed E-state index contributed by atoms with van der Waals surface area (Å²) in [5.74, 6) is -0.675. The van der Waals surface area contributed by atoms with Gasteiger partial charge < -0.3 is 11.1 Å². The fraction of sp³-hybridized carbons (Fsp3) is 0.188. The first-order valence-corrected chi connectivity index (χ1v) is 7.49. The molecule has 0 unspecified atom stereocenters. The monoisotopic (exact) mass is 313 g/mol. The first-order chi connectivity index (χ1) is 10.4. The number of carbonyl (C=O) groups excluding carboxylic acids is 2. The Hall–Kier alpha value is -2.65. The lowest BCUT2D eigenvalue weighted by Crippen LogP contribution is -2.16. The maximum absolute atomic E-state index is 12.2. The summed E-state index contributed by atoms with van der Waals surface area (Å²) in [5.41, 5.74) is 6.57. The van der Waals surface area contributed by atoms with Crippen molar-refractivity contribution in [2.24, 2.45) is 5.73 Å². The van der Waals surface area contributed by atoms with Gasteiger partial charge in [-0.1, -0.05) is 13.8 Å². The van der Waals surface area contributed by atoms with Crippen molar-refractivity contribution < 1.29 is 9.59 Å². The second-order valence-electron chi connectivity index (χ2n) is 5.05. The van der Waals surface area contributed by atoms with Crippen LogP contribution in [0.15, 0.2) is 30.3 Å². The average molecular weight is 313 g/mol. The van der Waals surface area contributed by atoms with Crippen LogP contribution in [0.4, 0.5) is 5.00 Å². The van der Waals surface area contributed by atoms with E-state index in [1.54, 1.807) is 30.3 Å². The quantitative estimate of drug-likeness (QED) is 0.907. The zero-order valence-corrected chi connectivity index (χ0v) is 13.0. The summed E-state index contributed by atoms with van der Waals surface area (Å²) in [6.07, 6.45) is 0. The number of nitrogens with one attached hydrogen (secondary N) is 1. The molecule has 6 heteroatoms. The van der Waals surface area contributed by atoms with Crippen molar-refractivity contribution >= 4 is 28.2 Å². The zero-order chi connectivity index (χ0) is 16.3. The number of nitrogens with two attached hydrogens (primary N) is 1. The lowest BCUT2D eigenvalue weighted by Gasteiger charge is -2.04. The molecule has 2 amide bonds. The number of amides is 2. The van der Waals surface area contributed by atoms with Crippen molar-refractivity contribution in [1.82, 2.24) is 0 Å². The van der Waals surface area contributed by atoms with Crippen LogP contribution in [-0.4, -0.2) is 11.8 Å². The molecule has 1 heterocycles. The Kier molecular flexibility index (Phi) is 4.59. The number of thiophene rings is 1. The number of nitriles is 1. The predicted octanol–water partition coefficient (Wildman–Crippen LogP) is 3.09. The summed E-state index contributed by atoms with van der Waals surface area (Å²) in [6, 6.07) is 9.97. The van der Waals surface area contributed by atoms with Crippen molar-refractivity contribution in [1.29, 1.82) is 5.26 Å². The summed E-state index contributed by atoms with van der Waals surface area (Å²) in [4.78, 5) is 24.7. The molecule has 2 aromatic rings. The molecule has 5 nitrogen and oxygen atoms in total. The number of hydrogen-bond acceptors (Lipinski definition) is 4. The van der Waals surface area contributed by atoms with Gasteiger partial charge in [-0.15, -0.1) is 11.3 Å². The van der Waals surface area contributed by atoms with Crippen LogP contribution in [0.25, 0.3) is 0 Å². The lowest BCUT2D eigenvalue weighted by atomic mass is 10.1. The van der Waals surface area contributed by atoms with Crippen LogP contribution >= 0.6 is 11.3 Å². The first kappa shape index (κ1) is 15.7. The fourth-order valence-corrected chi connectivity index (χ4v) is 2.90. The third-order valence-electron chi connectivity index (χ3n) is 3.09. The molecule has 2 rings (SSSR count). The van der Waals surface area contributed by atoms with E-state index in [9.17, 15) is 9.59 Å². The van der Waals surface area contributed by atoms with Gasteiger partial charge in [0.05, 0.1) is 17.2 Å². The van der Waals surface area contributed by atoms with Gasteiger partial charge in [-0.25, -0.2) is 0 Å². The highest BCUT2D eigenvalue weighted by Gasteiger charge is 2.18. The lowest BCUT2D eigenvalue weighted by molar-refractivity contribution is 0.100. The van der Waals surface area contributed by atoms with E-state index in [0.717, 1.165) is 4.88 Å². The molecule has 0 spiro atoms. The van der Waals surface area contributed by atoms with Crippen LogP contribution in [0, 0.1) is 11.3 Å². The molecule has 0 bridgehead atoms. The van der Waals surface area contributed by atoms with Gasteiger partial charge in [0.15, 0.2) is 0 Å². The van der Waals surface area contributed by atoms with Crippen molar-refractivity contribution in [3.05, 3.63) is 51.9 Å². The highest BCUT2D eigenvalue weighted by atomic mass is 32.1. The SMILES string of the molecule is CC(C)c1cc(C(N)=O)c(NC(=O)c2ccc(C#N)cc2)s1. The van der Waals surface area contributed by atoms with E-state index >= 15 is 0 Å². The molecule has 0 saturated heterocycles. The number of anilines is 1. The Balaban J connectivity index is 2.27. The number of carbonyl (C=O) groups is 2. The van der Waals surface area contributed by atoms with E-state index in [2.05, 4.69) is 5.32 Å². The highest BCUT2D eigenvalue weighted by molar-refractivity contribution is 7.16. The van der Waals surface area contributed by atoms with E-state index < -0.39 is 5.91 Å². The minimum Gasteiger partial charge on any atom is -0.366 e. The summed E-state index contributed by atoms with van der Waals surface area (Å²) < 4.78 is 0. The maximum atomic E-state index is 12.2. The molecule has 3 N–H and O–H groups in total. The molecule has 0 radical (unpaired) electrons. The first-order valence-electron chi connectivity index (χ1n) is 6.67. The average Bonchev–Trinajstić information content (AvgIpc) is 2.91. The van der Waals surface area contributed by atoms with Gasteiger partial charge in [0.1, 0.15) is 5.00 Å². The third kappa shape index (κ3) is 3.32. The van der Waals surface area contributed by atoms with Gasteiger partial charge in [-0.05, 0) is 36.2 Å². The van der Waals surface area contributed by atoms with Crippen LogP contribution in [0.2, 0.25) is 0 Å². The van der Waals surface area contributed by atoms with Gasteiger partial charge in [0, 0.05) is 10.4 Å². The zero-order valence-electron chi connectivity index (χ0n) is 12.2. The molecule has 22 heavy (non-hydrogen) atoms. The maximum Gasteiger partial charge on any atom is 0.256 e. The van der Waals surface area contributed by atoms with Crippen molar-refractivity contribution in [2.75, 3.05) is 5.32 Å². The molecule has 1 aromatic carbocycles. The van der Waals surface area contributed by atoms with Crippen LogP contribution < -0.4 is 11.1 Å². The Bertz CT molecular complexity index is 755. The number of benzene rings is 1. The molecule has 0 aliphatic rings. The molecular weight excluding hydrogens is 298 g/mol. The number of hydrogen-bond donors (Lipinski definition) is 2. The summed E-state index contributed by atoms with van der Waals surface area (Å²) >= 11 is 1.34. The second-order valence-corrected chi connectivity index (χ2v) is 6.14. The summed E-state index contributed by atoms with van der Waals surface area (Å²) in [6.45, 7) is 4.01. The molecule has 1 aromatic heterocycles. The molecule has 0 atom stereocenters. The van der Waals surface area contributed by atoms with Gasteiger partial charge in [-0.3, -0.25) is 9.59 Å². The van der Waals surface area contributed by atoms with Crippen molar-refractivity contribution in [2.45, 2.75) is 19.8 Å². The van der Waals surface area contributed by atoms with E-state index in [0.29, 0.717) is 21.7 Å². The topological polar surface area (TPSA) is 96.0 Å².